The Labute approximate surface area is 319 Å². The quantitative estimate of drug-likeness (QED) is 0.0554. The molecule has 0 radical (unpaired) electrons. The molecule has 15 heteroatoms. The number of aliphatic hydroxyl groups is 1. The molecule has 0 saturated heterocycles. The summed E-state index contributed by atoms with van der Waals surface area (Å²) in [6.45, 7) is 2.02. The van der Waals surface area contributed by atoms with Crippen LogP contribution in [0.4, 0.5) is 4.39 Å². The van der Waals surface area contributed by atoms with Crippen molar-refractivity contribution in [3.8, 4) is 11.5 Å². The van der Waals surface area contributed by atoms with Gasteiger partial charge in [0.25, 0.3) is 6.47 Å². The molecule has 0 heterocycles. The Morgan fingerprint density at radius 1 is 1.08 bits per heavy atom. The predicted molar refractivity (Wildman–Crippen MR) is 130 cm³/mol. The molecule has 2 N–H and O–H groups in total. The molecule has 0 aliphatic rings. The third-order valence-electron chi connectivity index (χ3n) is 3.45. The molecule has 0 aliphatic carbocycles. The van der Waals surface area contributed by atoms with Crippen molar-refractivity contribution >= 4 is 41.4 Å². The van der Waals surface area contributed by atoms with Gasteiger partial charge in [-0.1, -0.05) is 24.3 Å². The van der Waals surface area contributed by atoms with E-state index < -0.39 is 25.5 Å². The molecule has 0 spiro atoms. The number of ether oxygens (including phenoxy) is 2. The van der Waals surface area contributed by atoms with Gasteiger partial charge in [-0.3, -0.25) is 28.4 Å². The van der Waals surface area contributed by atoms with Gasteiger partial charge in [-0.05, 0) is 38.1 Å². The second-order valence-corrected chi connectivity index (χ2v) is 6.35. The van der Waals surface area contributed by atoms with Crippen LogP contribution in [0.3, 0.4) is 0 Å². The molecule has 0 unspecified atom stereocenters. The van der Waals surface area contributed by atoms with Crippen molar-refractivity contribution in [2.75, 3.05) is 33.4 Å². The maximum absolute atomic E-state index is 11.0. The largest absolute Gasteiger partial charge is 1.00 e. The summed E-state index contributed by atoms with van der Waals surface area (Å²) >= 11 is 4.98. The fourth-order valence-electron chi connectivity index (χ4n) is 1.79. The number of carbonyl (C=O) groups excluding carboxylic acids is 5. The van der Waals surface area contributed by atoms with Gasteiger partial charge in [-0.15, -0.1) is 11.6 Å². The zero-order valence-corrected chi connectivity index (χ0v) is 29.4. The standard InChI is InChI=1S/C11H12O4.C8H8O2.C3H5ClO2.CH3F.CH2O3.2K.H/c1-8(13)9-3-2-4-11(5-9)15-7-10(14)6-12;1-6(9)7-3-2-4-8(10)5-7;1-6-3(5)2-4;1-2;2-1-4-3;;;/h2-5,12H,6-7H2,1H3;2-5,10H,1H3;2H2,1H3;1H3;1,3H;;;/q;;;;;2*+1;-1/p-1/i;;;1D;;;;. The maximum atomic E-state index is 11.0. The summed E-state index contributed by atoms with van der Waals surface area (Å²) in [5.74, 6) is -0.363. The van der Waals surface area contributed by atoms with E-state index in [4.69, 9.17) is 38.0 Å². The molecule has 0 aromatic heterocycles. The van der Waals surface area contributed by atoms with Crippen LogP contribution in [0.1, 0.15) is 37.4 Å². The van der Waals surface area contributed by atoms with E-state index in [0.717, 1.165) is 0 Å². The molecule has 0 amide bonds. The first-order chi connectivity index (χ1) is 18.0. The van der Waals surface area contributed by atoms with E-state index in [2.05, 4.69) is 9.62 Å². The van der Waals surface area contributed by atoms with E-state index in [1.807, 2.05) is 0 Å². The molecule has 11 nitrogen and oxygen atoms in total. The van der Waals surface area contributed by atoms with E-state index in [-0.39, 0.29) is 140 Å². The normalized spacial score (nSPS) is 8.33. The fourth-order valence-corrected chi connectivity index (χ4v) is 1.90. The summed E-state index contributed by atoms with van der Waals surface area (Å²) in [6.07, 6.45) is 0. The minimum absolute atomic E-state index is 0. The first-order valence-corrected chi connectivity index (χ1v) is 10.4. The van der Waals surface area contributed by atoms with Gasteiger partial charge >= 0.3 is 109 Å². The van der Waals surface area contributed by atoms with E-state index in [0.29, 0.717) is 16.9 Å². The molecule has 39 heavy (non-hydrogen) atoms. The molecule has 2 aromatic rings. The zero-order valence-electron chi connectivity index (χ0n) is 24.3. The maximum Gasteiger partial charge on any atom is 1.00 e. The van der Waals surface area contributed by atoms with Crippen LogP contribution in [0.2, 0.25) is 0 Å². The van der Waals surface area contributed by atoms with E-state index in [1.54, 1.807) is 36.4 Å². The van der Waals surface area contributed by atoms with Gasteiger partial charge in [0.1, 0.15) is 30.6 Å². The first-order valence-electron chi connectivity index (χ1n) is 10.5. The van der Waals surface area contributed by atoms with Gasteiger partial charge in [0.15, 0.2) is 17.3 Å². The van der Waals surface area contributed by atoms with Crippen LogP contribution in [-0.2, 0) is 24.0 Å². The Hall–Kier alpha value is -0.597. The number of benzene rings is 2. The Bertz CT molecular complexity index is 984. The summed E-state index contributed by atoms with van der Waals surface area (Å²) in [6, 6.07) is 12.9. The molecule has 0 atom stereocenters. The number of halogens is 2. The van der Waals surface area contributed by atoms with Crippen molar-refractivity contribution in [1.29, 1.82) is 0 Å². The number of phenols is 1. The van der Waals surface area contributed by atoms with Crippen LogP contribution in [0, 0.1) is 0 Å². The van der Waals surface area contributed by atoms with Crippen LogP contribution >= 0.6 is 11.6 Å². The minimum atomic E-state index is -1.00. The number of Topliss-reactive ketones (excluding diaryl/α,β-unsaturated/α-hetero) is 3. The number of aliphatic hydroxyl groups excluding tert-OH is 1. The molecule has 208 valence electrons. The van der Waals surface area contributed by atoms with Gasteiger partial charge in [0, 0.05) is 11.1 Å². The number of carbonyl (C=O) groups is 5. The number of phenolic OH excluding ortho intramolecular Hbond substituents is 1. The number of hydrogen-bond donors (Lipinski definition) is 2. The molecule has 0 saturated carbocycles. The van der Waals surface area contributed by atoms with Crippen LogP contribution in [0.5, 0.6) is 11.5 Å². The van der Waals surface area contributed by atoms with Gasteiger partial charge in [-0.2, -0.15) is 0 Å². The SMILES string of the molecule is CC(=O)c1cccc(O)c1.CC(=O)c1cccc(OCC(=O)CO)c1.COC(=O)CCl.O=CO[O-].[2H]CF.[H-].[K+].[K+]. The third-order valence-corrected chi connectivity index (χ3v) is 3.66. The van der Waals surface area contributed by atoms with E-state index in [9.17, 15) is 23.6 Å². The number of rotatable bonds is 8. The second-order valence-electron chi connectivity index (χ2n) is 6.08. The number of esters is 1. The van der Waals surface area contributed by atoms with Crippen LogP contribution < -0.4 is 113 Å². The average Bonchev–Trinajstić information content (AvgIpc) is 2.92. The third kappa shape index (κ3) is 30.2. The fraction of sp³-hybridized carbons (Fsp3) is 0.292. The topological polar surface area (TPSA) is 177 Å². The number of hydrogen-bond acceptors (Lipinski definition) is 11. The van der Waals surface area contributed by atoms with Crippen molar-refractivity contribution in [2.24, 2.45) is 0 Å². The van der Waals surface area contributed by atoms with Gasteiger partial charge in [0.2, 0.25) is 0 Å². The van der Waals surface area contributed by atoms with Gasteiger partial charge in [-0.25, -0.2) is 0 Å². The average molecular weight is 628 g/mol. The smallest absolute Gasteiger partial charge is 1.00 e. The number of alkyl halides is 2. The number of aromatic hydroxyl groups is 1. The van der Waals surface area contributed by atoms with Crippen molar-refractivity contribution < 1.29 is 164 Å². The predicted octanol–water partition coefficient (Wildman–Crippen LogP) is -4.04. The summed E-state index contributed by atoms with van der Waals surface area (Å²) in [4.78, 5) is 53.6. The Morgan fingerprint density at radius 3 is 1.85 bits per heavy atom. The Kier molecular flexibility index (Phi) is 39.1. The van der Waals surface area contributed by atoms with E-state index >= 15 is 0 Å². The first kappa shape index (κ1) is 45.4. The van der Waals surface area contributed by atoms with Crippen molar-refractivity contribution in [3.63, 3.8) is 0 Å². The summed E-state index contributed by atoms with van der Waals surface area (Å²) < 4.78 is 24.7. The summed E-state index contributed by atoms with van der Waals surface area (Å²) in [7, 11) is 0.296. The Morgan fingerprint density at radius 2 is 1.54 bits per heavy atom. The molecular weight excluding hydrogens is 597 g/mol. The van der Waals surface area contributed by atoms with Gasteiger partial charge < -0.3 is 31.3 Å². The zero-order chi connectivity index (χ0) is 29.9. The molecule has 0 fully saturated rings. The van der Waals surface area contributed by atoms with Gasteiger partial charge in [0.05, 0.1) is 15.6 Å². The van der Waals surface area contributed by atoms with Crippen LogP contribution in [0.15, 0.2) is 48.5 Å². The van der Waals surface area contributed by atoms with Crippen molar-refractivity contribution in [2.45, 2.75) is 13.8 Å². The monoisotopic (exact) mass is 627 g/mol. The molecule has 2 aromatic carbocycles. The van der Waals surface area contributed by atoms with E-state index in [1.165, 1.54) is 33.1 Å². The van der Waals surface area contributed by atoms with Crippen molar-refractivity contribution in [3.05, 3.63) is 59.7 Å². The molecular formula is C24H30ClFK2O11. The van der Waals surface area contributed by atoms with Crippen LogP contribution in [0.25, 0.3) is 0 Å². The molecule has 2 rings (SSSR count). The second kappa shape index (κ2) is 33.6. The molecule has 0 aliphatic heterocycles. The summed E-state index contributed by atoms with van der Waals surface area (Å²) in [5.41, 5.74) is 1.07. The number of methoxy groups -OCH3 is 1. The Balaban J connectivity index is -0.000000103. The minimum Gasteiger partial charge on any atom is -1.00 e. The summed E-state index contributed by atoms with van der Waals surface area (Å²) in [5, 5.41) is 25.8. The number of ketones is 3. The van der Waals surface area contributed by atoms with Crippen LogP contribution in [-0.4, -0.2) is 73.4 Å². The molecule has 0 bridgehead atoms. The van der Waals surface area contributed by atoms with Crippen molar-refractivity contribution in [1.82, 2.24) is 0 Å².